The number of carboxylic acid groups (broad SMARTS) is 1. The lowest BCUT2D eigenvalue weighted by molar-refractivity contribution is 0.0683. The van der Waals surface area contributed by atoms with Gasteiger partial charge < -0.3 is 15.4 Å². The smallest absolute Gasteiger partial charge is 0.352 e. The van der Waals surface area contributed by atoms with Gasteiger partial charge in [0.2, 0.25) is 0 Å². The Hall–Kier alpha value is -2.23. The fraction of sp³-hybridized carbons (Fsp3) is 0.214. The van der Waals surface area contributed by atoms with E-state index in [-0.39, 0.29) is 6.04 Å². The summed E-state index contributed by atoms with van der Waals surface area (Å²) in [6.07, 6.45) is 0. The first-order valence-electron chi connectivity index (χ1n) is 5.81. The van der Waals surface area contributed by atoms with Crippen LogP contribution in [0, 0.1) is 0 Å². The Morgan fingerprint density at radius 1 is 1.17 bits per heavy atom. The minimum absolute atomic E-state index is 0.0821. The monoisotopic (exact) mass is 244 g/mol. The van der Waals surface area contributed by atoms with Gasteiger partial charge in [0, 0.05) is 17.4 Å². The lowest BCUT2D eigenvalue weighted by atomic mass is 10.1. The highest BCUT2D eigenvalue weighted by Gasteiger charge is 2.16. The normalized spacial score (nSPS) is 10.8. The van der Waals surface area contributed by atoms with E-state index in [4.69, 9.17) is 5.73 Å². The molecule has 0 aliphatic rings. The third-order valence-corrected chi connectivity index (χ3v) is 2.86. The maximum absolute atomic E-state index is 11.2. The Balaban J connectivity index is 2.57. The predicted molar refractivity (Wildman–Crippen MR) is 71.6 cm³/mol. The average molecular weight is 244 g/mol. The van der Waals surface area contributed by atoms with Crippen LogP contribution in [0.25, 0.3) is 11.3 Å². The van der Waals surface area contributed by atoms with Crippen molar-refractivity contribution in [2.24, 2.45) is 0 Å². The summed E-state index contributed by atoms with van der Waals surface area (Å²) in [6.45, 7) is 3.93. The van der Waals surface area contributed by atoms with E-state index in [1.807, 2.05) is 48.7 Å². The van der Waals surface area contributed by atoms with Crippen LogP contribution in [0.1, 0.15) is 30.4 Å². The van der Waals surface area contributed by atoms with E-state index in [9.17, 15) is 9.90 Å². The molecule has 94 valence electrons. The maximum Gasteiger partial charge on any atom is 0.352 e. The van der Waals surface area contributed by atoms with Crippen LogP contribution in [0.4, 0.5) is 5.69 Å². The van der Waals surface area contributed by atoms with Crippen LogP contribution in [-0.4, -0.2) is 15.6 Å². The first-order chi connectivity index (χ1) is 8.50. The van der Waals surface area contributed by atoms with Crippen LogP contribution in [0.3, 0.4) is 0 Å². The zero-order chi connectivity index (χ0) is 13.3. The number of aromatic carboxylic acids is 1. The van der Waals surface area contributed by atoms with Crippen molar-refractivity contribution in [3.63, 3.8) is 0 Å². The van der Waals surface area contributed by atoms with Gasteiger partial charge in [0.1, 0.15) is 5.69 Å². The summed E-state index contributed by atoms with van der Waals surface area (Å²) >= 11 is 0. The van der Waals surface area contributed by atoms with Crippen molar-refractivity contribution in [2.45, 2.75) is 19.9 Å². The molecule has 1 heterocycles. The first kappa shape index (κ1) is 12.2. The van der Waals surface area contributed by atoms with Gasteiger partial charge in [0.25, 0.3) is 0 Å². The molecular formula is C14H16N2O2. The zero-order valence-corrected chi connectivity index (χ0v) is 10.4. The molecule has 1 aromatic carbocycles. The Morgan fingerprint density at radius 2 is 1.78 bits per heavy atom. The number of anilines is 1. The molecule has 2 aromatic rings. The van der Waals surface area contributed by atoms with Gasteiger partial charge in [-0.3, -0.25) is 0 Å². The summed E-state index contributed by atoms with van der Waals surface area (Å²) in [4.78, 5) is 11.2. The number of nitrogens with zero attached hydrogens (tertiary/aromatic N) is 1. The van der Waals surface area contributed by atoms with Crippen LogP contribution >= 0.6 is 0 Å². The molecule has 0 spiro atoms. The average Bonchev–Trinajstić information content (AvgIpc) is 2.74. The Bertz CT molecular complexity index is 568. The van der Waals surface area contributed by atoms with Crippen LogP contribution in [-0.2, 0) is 0 Å². The zero-order valence-electron chi connectivity index (χ0n) is 10.4. The van der Waals surface area contributed by atoms with Gasteiger partial charge in [-0.2, -0.15) is 0 Å². The molecule has 0 amide bonds. The minimum Gasteiger partial charge on any atom is -0.477 e. The molecule has 18 heavy (non-hydrogen) atoms. The molecule has 4 heteroatoms. The van der Waals surface area contributed by atoms with Crippen molar-refractivity contribution in [3.05, 3.63) is 42.1 Å². The molecule has 2 rings (SSSR count). The van der Waals surface area contributed by atoms with Crippen molar-refractivity contribution in [2.75, 3.05) is 5.73 Å². The number of carbonyl (C=O) groups is 1. The number of nitrogen functional groups attached to an aromatic ring is 1. The topological polar surface area (TPSA) is 68.2 Å². The van der Waals surface area contributed by atoms with E-state index in [0.29, 0.717) is 11.4 Å². The van der Waals surface area contributed by atoms with Crippen LogP contribution < -0.4 is 5.73 Å². The van der Waals surface area contributed by atoms with E-state index in [0.717, 1.165) is 11.3 Å². The number of nitrogens with two attached hydrogens (primary N) is 1. The third-order valence-electron chi connectivity index (χ3n) is 2.86. The molecule has 0 bridgehead atoms. The van der Waals surface area contributed by atoms with Crippen molar-refractivity contribution in [3.8, 4) is 11.3 Å². The first-order valence-corrected chi connectivity index (χ1v) is 5.81. The fourth-order valence-corrected chi connectivity index (χ4v) is 2.07. The Morgan fingerprint density at radius 3 is 2.28 bits per heavy atom. The molecule has 0 unspecified atom stereocenters. The number of aromatic nitrogens is 1. The van der Waals surface area contributed by atoms with Crippen molar-refractivity contribution in [1.82, 2.24) is 4.57 Å². The fourth-order valence-electron chi connectivity index (χ4n) is 2.07. The molecule has 0 saturated carbocycles. The second-order valence-corrected chi connectivity index (χ2v) is 4.49. The molecule has 4 nitrogen and oxygen atoms in total. The minimum atomic E-state index is -0.912. The number of rotatable bonds is 3. The second-order valence-electron chi connectivity index (χ2n) is 4.49. The van der Waals surface area contributed by atoms with Crippen LogP contribution in [0.15, 0.2) is 36.4 Å². The van der Waals surface area contributed by atoms with Gasteiger partial charge in [0.15, 0.2) is 0 Å². The highest BCUT2D eigenvalue weighted by atomic mass is 16.4. The van der Waals surface area contributed by atoms with E-state index in [1.165, 1.54) is 0 Å². The second kappa shape index (κ2) is 4.56. The van der Waals surface area contributed by atoms with Gasteiger partial charge >= 0.3 is 5.97 Å². The number of hydrogen-bond acceptors (Lipinski definition) is 2. The summed E-state index contributed by atoms with van der Waals surface area (Å²) in [5.74, 6) is -0.912. The van der Waals surface area contributed by atoms with Gasteiger partial charge in [0.05, 0.1) is 0 Å². The predicted octanol–water partition coefficient (Wildman–Crippen LogP) is 3.02. The quantitative estimate of drug-likeness (QED) is 0.815. The van der Waals surface area contributed by atoms with Crippen LogP contribution in [0.2, 0.25) is 0 Å². The van der Waals surface area contributed by atoms with Gasteiger partial charge in [-0.25, -0.2) is 4.79 Å². The van der Waals surface area contributed by atoms with Crippen molar-refractivity contribution >= 4 is 11.7 Å². The molecule has 0 atom stereocenters. The Labute approximate surface area is 106 Å². The maximum atomic E-state index is 11.2. The van der Waals surface area contributed by atoms with Crippen molar-refractivity contribution < 1.29 is 9.90 Å². The highest BCUT2D eigenvalue weighted by Crippen LogP contribution is 2.27. The van der Waals surface area contributed by atoms with E-state index >= 15 is 0 Å². The molecule has 0 saturated heterocycles. The summed E-state index contributed by atoms with van der Waals surface area (Å²) in [5, 5.41) is 9.18. The summed E-state index contributed by atoms with van der Waals surface area (Å²) < 4.78 is 1.81. The van der Waals surface area contributed by atoms with Gasteiger partial charge in [-0.05, 0) is 43.7 Å². The van der Waals surface area contributed by atoms with Gasteiger partial charge in [-0.1, -0.05) is 12.1 Å². The molecule has 0 radical (unpaired) electrons. The summed E-state index contributed by atoms with van der Waals surface area (Å²) in [5.41, 5.74) is 8.51. The molecular weight excluding hydrogens is 228 g/mol. The molecule has 0 aliphatic carbocycles. The number of hydrogen-bond donors (Lipinski definition) is 2. The molecule has 0 aliphatic heterocycles. The highest BCUT2D eigenvalue weighted by molar-refractivity contribution is 5.87. The van der Waals surface area contributed by atoms with E-state index < -0.39 is 5.97 Å². The van der Waals surface area contributed by atoms with Crippen molar-refractivity contribution in [1.29, 1.82) is 0 Å². The Kier molecular flexibility index (Phi) is 3.10. The summed E-state index contributed by atoms with van der Waals surface area (Å²) in [7, 11) is 0. The third kappa shape index (κ3) is 2.09. The standard InChI is InChI=1S/C14H16N2O2/c1-9(2)16-12(7-8-13(16)14(17)18)10-3-5-11(15)6-4-10/h3-9H,15H2,1-2H3,(H,17,18). The lowest BCUT2D eigenvalue weighted by Crippen LogP contribution is -2.11. The van der Waals surface area contributed by atoms with E-state index in [2.05, 4.69) is 0 Å². The SMILES string of the molecule is CC(C)n1c(C(=O)O)ccc1-c1ccc(N)cc1. The van der Waals surface area contributed by atoms with Crippen LogP contribution in [0.5, 0.6) is 0 Å². The van der Waals surface area contributed by atoms with Gasteiger partial charge in [-0.15, -0.1) is 0 Å². The number of carboxylic acids is 1. The lowest BCUT2D eigenvalue weighted by Gasteiger charge is -2.15. The molecule has 1 aromatic heterocycles. The molecule has 0 fully saturated rings. The summed E-state index contributed by atoms with van der Waals surface area (Å²) in [6, 6.07) is 11.0. The number of benzene rings is 1. The molecule has 3 N–H and O–H groups in total. The largest absolute Gasteiger partial charge is 0.477 e. The van der Waals surface area contributed by atoms with E-state index in [1.54, 1.807) is 6.07 Å².